The van der Waals surface area contributed by atoms with Crippen LogP contribution in [0.2, 0.25) is 5.02 Å². The summed E-state index contributed by atoms with van der Waals surface area (Å²) in [5.41, 5.74) is 1.53. The number of carbonyl (C=O) groups excluding carboxylic acids is 2. The Hall–Kier alpha value is -2.40. The highest BCUT2D eigenvalue weighted by atomic mass is 35.5. The van der Waals surface area contributed by atoms with Crippen LogP contribution in [0.4, 0.5) is 4.39 Å². The topological polar surface area (TPSA) is 49.4 Å². The van der Waals surface area contributed by atoms with Crippen molar-refractivity contribution in [3.8, 4) is 0 Å². The van der Waals surface area contributed by atoms with Gasteiger partial charge in [-0.3, -0.25) is 9.59 Å². The van der Waals surface area contributed by atoms with Gasteiger partial charge in [0.05, 0.1) is 6.42 Å². The van der Waals surface area contributed by atoms with Crippen molar-refractivity contribution in [3.63, 3.8) is 0 Å². The van der Waals surface area contributed by atoms with E-state index in [4.69, 9.17) is 11.6 Å². The second-order valence-electron chi connectivity index (χ2n) is 6.42. The van der Waals surface area contributed by atoms with Crippen LogP contribution in [-0.2, 0) is 22.6 Å². The van der Waals surface area contributed by atoms with Crippen LogP contribution in [0.5, 0.6) is 0 Å². The Bertz CT molecular complexity index is 780. The van der Waals surface area contributed by atoms with Crippen LogP contribution in [-0.4, -0.2) is 29.3 Å². The Balaban J connectivity index is 2.20. The van der Waals surface area contributed by atoms with Gasteiger partial charge in [0, 0.05) is 18.1 Å². The zero-order valence-corrected chi connectivity index (χ0v) is 16.3. The molecule has 0 saturated heterocycles. The molecule has 0 aromatic heterocycles. The first kappa shape index (κ1) is 20.9. The molecule has 0 saturated carbocycles. The third kappa shape index (κ3) is 6.36. The first-order valence-electron chi connectivity index (χ1n) is 8.96. The van der Waals surface area contributed by atoms with E-state index in [1.54, 1.807) is 31.2 Å². The van der Waals surface area contributed by atoms with Crippen molar-refractivity contribution in [1.82, 2.24) is 10.2 Å². The summed E-state index contributed by atoms with van der Waals surface area (Å²) < 4.78 is 13.1. The summed E-state index contributed by atoms with van der Waals surface area (Å²) in [6.07, 6.45) is 0.905. The Morgan fingerprint density at radius 2 is 1.85 bits per heavy atom. The molecular weight excluding hydrogens is 367 g/mol. The van der Waals surface area contributed by atoms with E-state index in [0.717, 1.165) is 12.0 Å². The van der Waals surface area contributed by atoms with Gasteiger partial charge in [0.1, 0.15) is 11.9 Å². The summed E-state index contributed by atoms with van der Waals surface area (Å²) in [5, 5.41) is 3.40. The summed E-state index contributed by atoms with van der Waals surface area (Å²) in [6.45, 7) is 4.49. The lowest BCUT2D eigenvalue weighted by atomic mass is 10.1. The van der Waals surface area contributed by atoms with Gasteiger partial charge in [-0.15, -0.1) is 0 Å². The first-order chi connectivity index (χ1) is 12.9. The van der Waals surface area contributed by atoms with Gasteiger partial charge in [0.25, 0.3) is 0 Å². The second kappa shape index (κ2) is 10.1. The van der Waals surface area contributed by atoms with E-state index in [1.165, 1.54) is 17.0 Å². The average Bonchev–Trinajstić information content (AvgIpc) is 2.65. The van der Waals surface area contributed by atoms with Crippen LogP contribution in [0.25, 0.3) is 0 Å². The normalized spacial score (nSPS) is 11.7. The van der Waals surface area contributed by atoms with Gasteiger partial charge in [-0.05, 0) is 48.7 Å². The molecule has 0 bridgehead atoms. The van der Waals surface area contributed by atoms with E-state index >= 15 is 0 Å². The predicted molar refractivity (Wildman–Crippen MR) is 105 cm³/mol. The molecule has 6 heteroatoms. The van der Waals surface area contributed by atoms with Gasteiger partial charge in [0.2, 0.25) is 11.8 Å². The molecular formula is C21H24ClFN2O2. The number of carbonyl (C=O) groups is 2. The third-order valence-corrected chi connectivity index (χ3v) is 4.46. The van der Waals surface area contributed by atoms with E-state index in [9.17, 15) is 14.0 Å². The molecule has 0 fully saturated rings. The molecule has 0 aliphatic heterocycles. The molecule has 2 aromatic carbocycles. The lowest BCUT2D eigenvalue weighted by Gasteiger charge is -2.29. The first-order valence-corrected chi connectivity index (χ1v) is 9.34. The van der Waals surface area contributed by atoms with Crippen molar-refractivity contribution in [2.75, 3.05) is 6.54 Å². The molecule has 0 aliphatic rings. The predicted octanol–water partition coefficient (Wildman–Crippen LogP) is 3.97. The molecule has 0 heterocycles. The van der Waals surface area contributed by atoms with E-state index < -0.39 is 6.04 Å². The summed E-state index contributed by atoms with van der Waals surface area (Å²) in [4.78, 5) is 26.9. The molecule has 0 unspecified atom stereocenters. The van der Waals surface area contributed by atoms with Crippen LogP contribution >= 0.6 is 11.6 Å². The second-order valence-corrected chi connectivity index (χ2v) is 6.86. The van der Waals surface area contributed by atoms with Crippen LogP contribution in [0.15, 0.2) is 48.5 Å². The fourth-order valence-electron chi connectivity index (χ4n) is 2.69. The van der Waals surface area contributed by atoms with Crippen molar-refractivity contribution < 1.29 is 14.0 Å². The van der Waals surface area contributed by atoms with Crippen molar-refractivity contribution >= 4 is 23.4 Å². The molecule has 0 spiro atoms. The van der Waals surface area contributed by atoms with Crippen LogP contribution in [0.1, 0.15) is 31.4 Å². The van der Waals surface area contributed by atoms with Gasteiger partial charge in [0.15, 0.2) is 0 Å². The SMILES string of the molecule is CCCNC(=O)[C@H](C)N(Cc1cccc(Cl)c1)C(=O)Cc1ccc(F)cc1. The summed E-state index contributed by atoms with van der Waals surface area (Å²) >= 11 is 6.04. The minimum absolute atomic E-state index is 0.0895. The number of hydrogen-bond donors (Lipinski definition) is 1. The molecule has 1 N–H and O–H groups in total. The Morgan fingerprint density at radius 3 is 2.48 bits per heavy atom. The highest BCUT2D eigenvalue weighted by Gasteiger charge is 2.26. The number of nitrogens with zero attached hydrogens (tertiary/aromatic N) is 1. The Morgan fingerprint density at radius 1 is 1.15 bits per heavy atom. The zero-order valence-electron chi connectivity index (χ0n) is 15.5. The maximum Gasteiger partial charge on any atom is 0.242 e. The number of nitrogens with one attached hydrogen (secondary N) is 1. The maximum absolute atomic E-state index is 13.1. The Labute approximate surface area is 164 Å². The van der Waals surface area contributed by atoms with Gasteiger partial charge in [-0.25, -0.2) is 4.39 Å². The van der Waals surface area contributed by atoms with Crippen LogP contribution < -0.4 is 5.32 Å². The van der Waals surface area contributed by atoms with E-state index in [-0.39, 0.29) is 30.6 Å². The third-order valence-electron chi connectivity index (χ3n) is 4.23. The quantitative estimate of drug-likeness (QED) is 0.741. The number of rotatable bonds is 8. The van der Waals surface area contributed by atoms with Gasteiger partial charge < -0.3 is 10.2 Å². The number of hydrogen-bond acceptors (Lipinski definition) is 2. The van der Waals surface area contributed by atoms with Crippen LogP contribution in [0.3, 0.4) is 0 Å². The number of halogens is 2. The monoisotopic (exact) mass is 390 g/mol. The lowest BCUT2D eigenvalue weighted by molar-refractivity contribution is -0.140. The van der Waals surface area contributed by atoms with Crippen molar-refractivity contribution in [2.45, 2.75) is 39.3 Å². The van der Waals surface area contributed by atoms with Crippen molar-refractivity contribution in [2.24, 2.45) is 0 Å². The average molecular weight is 391 g/mol. The molecule has 2 amide bonds. The molecule has 1 atom stereocenters. The molecule has 144 valence electrons. The summed E-state index contributed by atoms with van der Waals surface area (Å²) in [6, 6.07) is 12.4. The summed E-state index contributed by atoms with van der Waals surface area (Å²) in [7, 11) is 0. The van der Waals surface area contributed by atoms with E-state index in [2.05, 4.69) is 5.32 Å². The van der Waals surface area contributed by atoms with Crippen LogP contribution in [0, 0.1) is 5.82 Å². The largest absolute Gasteiger partial charge is 0.354 e. The highest BCUT2D eigenvalue weighted by Crippen LogP contribution is 2.16. The minimum atomic E-state index is -0.636. The molecule has 4 nitrogen and oxygen atoms in total. The van der Waals surface area contributed by atoms with Gasteiger partial charge in [-0.1, -0.05) is 42.8 Å². The lowest BCUT2D eigenvalue weighted by Crippen LogP contribution is -2.48. The van der Waals surface area contributed by atoms with Gasteiger partial charge >= 0.3 is 0 Å². The molecule has 2 aromatic rings. The minimum Gasteiger partial charge on any atom is -0.354 e. The highest BCUT2D eigenvalue weighted by molar-refractivity contribution is 6.30. The number of benzene rings is 2. The fourth-order valence-corrected chi connectivity index (χ4v) is 2.90. The Kier molecular flexibility index (Phi) is 7.80. The smallest absolute Gasteiger partial charge is 0.242 e. The molecule has 0 aliphatic carbocycles. The maximum atomic E-state index is 13.1. The molecule has 27 heavy (non-hydrogen) atoms. The van der Waals surface area contributed by atoms with E-state index in [0.29, 0.717) is 17.1 Å². The zero-order chi connectivity index (χ0) is 19.8. The van der Waals surface area contributed by atoms with Crippen molar-refractivity contribution in [3.05, 3.63) is 70.5 Å². The van der Waals surface area contributed by atoms with Gasteiger partial charge in [-0.2, -0.15) is 0 Å². The van der Waals surface area contributed by atoms with Crippen molar-refractivity contribution in [1.29, 1.82) is 0 Å². The number of amides is 2. The van der Waals surface area contributed by atoms with E-state index in [1.807, 2.05) is 19.1 Å². The molecule has 0 radical (unpaired) electrons. The standard InChI is InChI=1S/C21H24ClFN2O2/c1-3-11-24-21(27)15(2)25(14-17-5-4-6-18(22)12-17)20(26)13-16-7-9-19(23)10-8-16/h4-10,12,15H,3,11,13-14H2,1-2H3,(H,24,27)/t15-/m0/s1. The summed E-state index contributed by atoms with van der Waals surface area (Å²) in [5.74, 6) is -0.763. The molecule has 2 rings (SSSR count). The fraction of sp³-hybridized carbons (Fsp3) is 0.333.